The third kappa shape index (κ3) is 3.07. The molecule has 1 heterocycles. The number of urea groups is 1. The topological polar surface area (TPSA) is 95.9 Å². The Bertz CT molecular complexity index is 887. The summed E-state index contributed by atoms with van der Waals surface area (Å²) in [6.07, 6.45) is 1.35. The predicted octanol–water partition coefficient (Wildman–Crippen LogP) is 2.07. The molecule has 7 nitrogen and oxygen atoms in total. The molecule has 0 unspecified atom stereocenters. The summed E-state index contributed by atoms with van der Waals surface area (Å²) in [5, 5.41) is 11.5. The summed E-state index contributed by atoms with van der Waals surface area (Å²) in [6.45, 7) is 0. The summed E-state index contributed by atoms with van der Waals surface area (Å²) in [6, 6.07) is 11.6. The average molecular weight is 338 g/mol. The van der Waals surface area contributed by atoms with Crippen molar-refractivity contribution < 1.29 is 24.2 Å². The van der Waals surface area contributed by atoms with Crippen LogP contribution in [0, 0.1) is 0 Å². The van der Waals surface area contributed by atoms with Gasteiger partial charge in [0.25, 0.3) is 11.8 Å². The number of barbiturate groups is 1. The van der Waals surface area contributed by atoms with Crippen molar-refractivity contribution in [3.8, 4) is 11.5 Å². The van der Waals surface area contributed by atoms with Crippen LogP contribution < -0.4 is 15.0 Å². The van der Waals surface area contributed by atoms with Crippen molar-refractivity contribution in [3.63, 3.8) is 0 Å². The van der Waals surface area contributed by atoms with E-state index >= 15 is 0 Å². The van der Waals surface area contributed by atoms with E-state index in [2.05, 4.69) is 5.32 Å². The van der Waals surface area contributed by atoms with Crippen molar-refractivity contribution in [1.29, 1.82) is 0 Å². The Hall–Kier alpha value is -3.61. The van der Waals surface area contributed by atoms with Crippen LogP contribution in [0.15, 0.2) is 54.1 Å². The van der Waals surface area contributed by atoms with Gasteiger partial charge in [0.2, 0.25) is 0 Å². The first kappa shape index (κ1) is 16.3. The highest BCUT2D eigenvalue weighted by molar-refractivity contribution is 6.39. The highest BCUT2D eigenvalue weighted by atomic mass is 16.5. The molecular formula is C18H14N2O5. The lowest BCUT2D eigenvalue weighted by molar-refractivity contribution is -0.122. The SMILES string of the molecule is COc1ccccc1N1C(=O)NC(=O)C(=Cc2ccc(O)cc2)C1=O. The van der Waals surface area contributed by atoms with Crippen LogP contribution >= 0.6 is 0 Å². The maximum absolute atomic E-state index is 12.8. The molecule has 0 aliphatic carbocycles. The second-order valence-corrected chi connectivity index (χ2v) is 5.22. The molecule has 0 atom stereocenters. The van der Waals surface area contributed by atoms with Gasteiger partial charge in [-0.15, -0.1) is 0 Å². The summed E-state index contributed by atoms with van der Waals surface area (Å²) < 4.78 is 5.18. The van der Waals surface area contributed by atoms with Crippen LogP contribution in [0.4, 0.5) is 10.5 Å². The van der Waals surface area contributed by atoms with Crippen molar-refractivity contribution >= 4 is 29.6 Å². The van der Waals surface area contributed by atoms with Gasteiger partial charge in [0, 0.05) is 0 Å². The van der Waals surface area contributed by atoms with E-state index in [9.17, 15) is 19.5 Å². The van der Waals surface area contributed by atoms with Gasteiger partial charge in [-0.25, -0.2) is 9.69 Å². The molecule has 1 aliphatic heterocycles. The molecule has 1 saturated heterocycles. The van der Waals surface area contributed by atoms with E-state index in [-0.39, 0.29) is 17.0 Å². The van der Waals surface area contributed by atoms with E-state index in [0.29, 0.717) is 11.3 Å². The van der Waals surface area contributed by atoms with E-state index in [4.69, 9.17) is 4.74 Å². The minimum Gasteiger partial charge on any atom is -0.508 e. The number of imide groups is 2. The summed E-state index contributed by atoms with van der Waals surface area (Å²) in [5.74, 6) is -1.16. The van der Waals surface area contributed by atoms with Gasteiger partial charge in [-0.05, 0) is 35.9 Å². The number of nitrogens with zero attached hydrogens (tertiary/aromatic N) is 1. The smallest absolute Gasteiger partial charge is 0.336 e. The number of carbonyl (C=O) groups is 3. The van der Waals surface area contributed by atoms with Gasteiger partial charge in [-0.1, -0.05) is 24.3 Å². The number of nitrogens with one attached hydrogen (secondary N) is 1. The van der Waals surface area contributed by atoms with Crippen molar-refractivity contribution in [3.05, 3.63) is 59.7 Å². The van der Waals surface area contributed by atoms with E-state index in [1.54, 1.807) is 36.4 Å². The van der Waals surface area contributed by atoms with Crippen LogP contribution in [-0.4, -0.2) is 30.1 Å². The molecule has 25 heavy (non-hydrogen) atoms. The second-order valence-electron chi connectivity index (χ2n) is 5.22. The number of carbonyl (C=O) groups excluding carboxylic acids is 3. The van der Waals surface area contributed by atoms with Gasteiger partial charge in [-0.2, -0.15) is 0 Å². The summed E-state index contributed by atoms with van der Waals surface area (Å²) in [7, 11) is 1.42. The number of methoxy groups -OCH3 is 1. The average Bonchev–Trinajstić information content (AvgIpc) is 2.60. The summed E-state index contributed by atoms with van der Waals surface area (Å²) in [5.41, 5.74) is 0.568. The molecule has 2 aromatic rings. The largest absolute Gasteiger partial charge is 0.508 e. The highest BCUT2D eigenvalue weighted by Gasteiger charge is 2.37. The Kier molecular flexibility index (Phi) is 4.21. The van der Waals surface area contributed by atoms with E-state index < -0.39 is 17.8 Å². The number of phenolic OH excluding ortho intramolecular Hbond substituents is 1. The van der Waals surface area contributed by atoms with Gasteiger partial charge >= 0.3 is 6.03 Å². The minimum atomic E-state index is -0.845. The van der Waals surface area contributed by atoms with Crippen molar-refractivity contribution in [2.45, 2.75) is 0 Å². The van der Waals surface area contributed by atoms with Crippen molar-refractivity contribution in [2.75, 3.05) is 12.0 Å². The number of amides is 4. The zero-order chi connectivity index (χ0) is 18.0. The number of rotatable bonds is 3. The molecule has 0 radical (unpaired) electrons. The van der Waals surface area contributed by atoms with Gasteiger partial charge in [0.05, 0.1) is 12.8 Å². The molecule has 0 spiro atoms. The lowest BCUT2D eigenvalue weighted by atomic mass is 10.1. The standard InChI is InChI=1S/C18H14N2O5/c1-25-15-5-3-2-4-14(15)20-17(23)13(16(22)19-18(20)24)10-11-6-8-12(21)9-7-11/h2-10,21H,1H3,(H,19,22,24). The Morgan fingerprint density at radius 1 is 1.04 bits per heavy atom. The van der Waals surface area contributed by atoms with Crippen LogP contribution in [0.2, 0.25) is 0 Å². The Balaban J connectivity index is 2.04. The zero-order valence-corrected chi connectivity index (χ0v) is 13.2. The molecule has 4 amide bonds. The molecule has 0 saturated carbocycles. The fourth-order valence-electron chi connectivity index (χ4n) is 2.43. The fourth-order valence-corrected chi connectivity index (χ4v) is 2.43. The quantitative estimate of drug-likeness (QED) is 0.660. The fraction of sp³-hybridized carbons (Fsp3) is 0.0556. The minimum absolute atomic E-state index is 0.0624. The van der Waals surface area contributed by atoms with E-state index in [1.165, 1.54) is 25.3 Å². The molecule has 126 valence electrons. The Morgan fingerprint density at radius 3 is 2.40 bits per heavy atom. The molecule has 1 aliphatic rings. The molecule has 0 bridgehead atoms. The van der Waals surface area contributed by atoms with Crippen LogP contribution in [-0.2, 0) is 9.59 Å². The molecular weight excluding hydrogens is 324 g/mol. The molecule has 3 rings (SSSR count). The predicted molar refractivity (Wildman–Crippen MR) is 90.1 cm³/mol. The van der Waals surface area contributed by atoms with Gasteiger partial charge in [-0.3, -0.25) is 14.9 Å². The van der Waals surface area contributed by atoms with E-state index in [1.807, 2.05) is 0 Å². The molecule has 2 N–H and O–H groups in total. The van der Waals surface area contributed by atoms with Gasteiger partial charge < -0.3 is 9.84 Å². The number of hydrogen-bond acceptors (Lipinski definition) is 5. The van der Waals surface area contributed by atoms with Crippen molar-refractivity contribution in [2.24, 2.45) is 0 Å². The third-order valence-electron chi connectivity index (χ3n) is 3.63. The van der Waals surface area contributed by atoms with Crippen LogP contribution in [0.3, 0.4) is 0 Å². The summed E-state index contributed by atoms with van der Waals surface area (Å²) >= 11 is 0. The summed E-state index contributed by atoms with van der Waals surface area (Å²) in [4.78, 5) is 37.9. The van der Waals surface area contributed by atoms with Gasteiger partial charge in [0.15, 0.2) is 0 Å². The number of ether oxygens (including phenoxy) is 1. The lowest BCUT2D eigenvalue weighted by Crippen LogP contribution is -2.54. The number of phenols is 1. The molecule has 7 heteroatoms. The highest BCUT2D eigenvalue weighted by Crippen LogP contribution is 2.30. The number of para-hydroxylation sites is 2. The maximum Gasteiger partial charge on any atom is 0.336 e. The Labute approximate surface area is 143 Å². The van der Waals surface area contributed by atoms with Crippen LogP contribution in [0.5, 0.6) is 11.5 Å². The molecule has 2 aromatic carbocycles. The van der Waals surface area contributed by atoms with Crippen LogP contribution in [0.25, 0.3) is 6.08 Å². The van der Waals surface area contributed by atoms with E-state index in [0.717, 1.165) is 4.90 Å². The number of hydrogen-bond donors (Lipinski definition) is 2. The van der Waals surface area contributed by atoms with Crippen LogP contribution in [0.1, 0.15) is 5.56 Å². The normalized spacial score (nSPS) is 16.1. The van der Waals surface area contributed by atoms with Gasteiger partial charge in [0.1, 0.15) is 17.1 Å². The number of anilines is 1. The maximum atomic E-state index is 12.8. The first-order valence-corrected chi connectivity index (χ1v) is 7.35. The first-order valence-electron chi connectivity index (χ1n) is 7.35. The Morgan fingerprint density at radius 2 is 1.72 bits per heavy atom. The monoisotopic (exact) mass is 338 g/mol. The van der Waals surface area contributed by atoms with Crippen molar-refractivity contribution in [1.82, 2.24) is 5.32 Å². The molecule has 0 aromatic heterocycles. The second kappa shape index (κ2) is 6.48. The lowest BCUT2D eigenvalue weighted by Gasteiger charge is -2.27. The third-order valence-corrected chi connectivity index (χ3v) is 3.63. The number of benzene rings is 2. The zero-order valence-electron chi connectivity index (χ0n) is 13.2. The molecule has 1 fully saturated rings. The first-order chi connectivity index (χ1) is 12.0. The number of aromatic hydroxyl groups is 1.